The van der Waals surface area contributed by atoms with E-state index in [1.807, 2.05) is 0 Å². The SMILES string of the molecule is O=S(=O)([O-])[O-].[Ag].[NH4+].[NH4+]. The van der Waals surface area contributed by atoms with Gasteiger partial charge in [-0.05, 0) is 0 Å². The summed E-state index contributed by atoms with van der Waals surface area (Å²) in [5.41, 5.74) is 0. The number of hydrogen-bond donors (Lipinski definition) is 2. The number of hydrogen-bond acceptors (Lipinski definition) is 4. The zero-order valence-corrected chi connectivity index (χ0v) is 6.64. The maximum atomic E-state index is 8.52. The van der Waals surface area contributed by atoms with Crippen molar-refractivity contribution < 1.29 is 39.9 Å². The molecular weight excluding hydrogens is 232 g/mol. The van der Waals surface area contributed by atoms with Gasteiger partial charge in [-0.25, -0.2) is 0 Å². The van der Waals surface area contributed by atoms with Crippen molar-refractivity contribution in [2.75, 3.05) is 0 Å². The number of rotatable bonds is 0. The van der Waals surface area contributed by atoms with Crippen molar-refractivity contribution in [3.8, 4) is 0 Å². The second-order valence-corrected chi connectivity index (χ2v) is 1.22. The molecule has 0 rings (SSSR count). The fourth-order valence-corrected chi connectivity index (χ4v) is 0. The van der Waals surface area contributed by atoms with E-state index in [1.54, 1.807) is 0 Å². The smallest absolute Gasteiger partial charge is 0.0311 e. The van der Waals surface area contributed by atoms with Crippen molar-refractivity contribution in [2.24, 2.45) is 0 Å². The van der Waals surface area contributed by atoms with E-state index in [-0.39, 0.29) is 34.7 Å². The van der Waals surface area contributed by atoms with Crippen LogP contribution >= 0.6 is 0 Å². The van der Waals surface area contributed by atoms with Gasteiger partial charge in [-0.2, -0.15) is 0 Å². The maximum Gasteiger partial charge on any atom is 0.0311 e. The standard InChI is InChI=1S/Ag.2H3N.H2O4S/c;;;1-5(2,3)4/h;2*1H3;(H2,1,2,3,4). The normalized spacial score (nSPS) is 7.25. The van der Waals surface area contributed by atoms with Crippen LogP contribution in [0.5, 0.6) is 0 Å². The molecule has 0 saturated heterocycles. The Balaban J connectivity index is -0.0000000267. The Morgan fingerprint density at radius 3 is 1.00 bits per heavy atom. The van der Waals surface area contributed by atoms with Gasteiger partial charge in [-0.3, -0.25) is 8.42 Å². The van der Waals surface area contributed by atoms with Crippen LogP contribution in [0.4, 0.5) is 0 Å². The van der Waals surface area contributed by atoms with Gasteiger partial charge in [0.25, 0.3) is 0 Å². The molecular formula is H8AgN2O4S. The van der Waals surface area contributed by atoms with Crippen molar-refractivity contribution in [3.63, 3.8) is 0 Å². The second-order valence-electron chi connectivity index (χ2n) is 0.408. The van der Waals surface area contributed by atoms with Gasteiger partial charge >= 0.3 is 0 Å². The zero-order chi connectivity index (χ0) is 4.50. The summed E-state index contributed by atoms with van der Waals surface area (Å²) < 4.78 is 34.1. The molecule has 8 heavy (non-hydrogen) atoms. The Morgan fingerprint density at radius 2 is 1.00 bits per heavy atom. The molecule has 0 amide bonds. The molecule has 0 aliphatic rings. The minimum atomic E-state index is -5.17. The van der Waals surface area contributed by atoms with E-state index in [1.165, 1.54) is 0 Å². The summed E-state index contributed by atoms with van der Waals surface area (Å²) in [6.07, 6.45) is 0. The third-order valence-corrected chi connectivity index (χ3v) is 0. The molecule has 0 heterocycles. The first-order valence-electron chi connectivity index (χ1n) is 0.667. The van der Waals surface area contributed by atoms with Crippen LogP contribution in [0.15, 0.2) is 0 Å². The van der Waals surface area contributed by atoms with Crippen LogP contribution in [0.2, 0.25) is 0 Å². The van der Waals surface area contributed by atoms with Gasteiger partial charge in [-0.1, -0.05) is 0 Å². The third-order valence-electron chi connectivity index (χ3n) is 0. The molecule has 1 radical (unpaired) electrons. The van der Waals surface area contributed by atoms with Gasteiger partial charge in [0, 0.05) is 32.8 Å². The molecule has 0 aliphatic heterocycles. The zero-order valence-electron chi connectivity index (χ0n) is 4.34. The molecule has 0 atom stereocenters. The van der Waals surface area contributed by atoms with Crippen LogP contribution in [-0.2, 0) is 32.8 Å². The molecule has 0 fully saturated rings. The van der Waals surface area contributed by atoms with Gasteiger partial charge < -0.3 is 21.4 Å². The molecule has 0 aromatic carbocycles. The average Bonchev–Trinajstić information content (AvgIpc) is 0.722. The molecule has 0 aromatic heterocycles. The Bertz CT molecular complexity index is 97.2. The van der Waals surface area contributed by atoms with Crippen molar-refractivity contribution in [1.29, 1.82) is 0 Å². The van der Waals surface area contributed by atoms with Crippen LogP contribution in [0, 0.1) is 0 Å². The summed E-state index contributed by atoms with van der Waals surface area (Å²) in [7, 11) is -5.17. The molecule has 59 valence electrons. The second kappa shape index (κ2) is 7.53. The minimum Gasteiger partial charge on any atom is -0.759 e. The topological polar surface area (TPSA) is 153 Å². The first-order chi connectivity index (χ1) is 2.00. The molecule has 8 N–H and O–H groups in total. The van der Waals surface area contributed by atoms with E-state index in [9.17, 15) is 0 Å². The fraction of sp³-hybridized carbons (Fsp3) is 0. The summed E-state index contributed by atoms with van der Waals surface area (Å²) in [6, 6.07) is 0. The third kappa shape index (κ3) is 710. The van der Waals surface area contributed by atoms with Gasteiger partial charge in [0.15, 0.2) is 0 Å². The predicted octanol–water partition coefficient (Wildman–Crippen LogP) is -0.588. The number of quaternary nitrogens is 2. The van der Waals surface area contributed by atoms with Crippen molar-refractivity contribution >= 4 is 10.4 Å². The molecule has 8 heteroatoms. The summed E-state index contributed by atoms with van der Waals surface area (Å²) in [5.74, 6) is 0. The summed E-state index contributed by atoms with van der Waals surface area (Å²) in [4.78, 5) is 0. The van der Waals surface area contributed by atoms with E-state index in [4.69, 9.17) is 17.5 Å². The molecule has 0 aliphatic carbocycles. The quantitative estimate of drug-likeness (QED) is 0.330. The van der Waals surface area contributed by atoms with E-state index in [0.717, 1.165) is 0 Å². The van der Waals surface area contributed by atoms with Crippen LogP contribution in [0.25, 0.3) is 0 Å². The van der Waals surface area contributed by atoms with E-state index >= 15 is 0 Å². The Kier molecular flexibility index (Phi) is 22.2. The summed E-state index contributed by atoms with van der Waals surface area (Å²) in [6.45, 7) is 0. The van der Waals surface area contributed by atoms with Crippen LogP contribution in [0.1, 0.15) is 0 Å². The van der Waals surface area contributed by atoms with Crippen molar-refractivity contribution in [1.82, 2.24) is 12.3 Å². The largest absolute Gasteiger partial charge is 0.759 e. The molecule has 6 nitrogen and oxygen atoms in total. The molecule has 0 saturated carbocycles. The van der Waals surface area contributed by atoms with Gasteiger partial charge in [0.05, 0.1) is 0 Å². The van der Waals surface area contributed by atoms with E-state index in [2.05, 4.69) is 0 Å². The van der Waals surface area contributed by atoms with Crippen LogP contribution in [0.3, 0.4) is 0 Å². The first kappa shape index (κ1) is 23.6. The van der Waals surface area contributed by atoms with Crippen molar-refractivity contribution in [3.05, 3.63) is 0 Å². The average molecular weight is 240 g/mol. The van der Waals surface area contributed by atoms with Crippen molar-refractivity contribution in [2.45, 2.75) is 0 Å². The maximum absolute atomic E-state index is 8.52. The minimum absolute atomic E-state index is 0. The molecule has 0 bridgehead atoms. The molecule has 0 aromatic rings. The first-order valence-corrected chi connectivity index (χ1v) is 2.00. The Labute approximate surface area is 62.9 Å². The van der Waals surface area contributed by atoms with Gasteiger partial charge in [0.1, 0.15) is 0 Å². The Hall–Kier alpha value is 0.530. The Morgan fingerprint density at radius 1 is 1.00 bits per heavy atom. The summed E-state index contributed by atoms with van der Waals surface area (Å²) in [5, 5.41) is 0. The predicted molar refractivity (Wildman–Crippen MR) is 22.4 cm³/mol. The van der Waals surface area contributed by atoms with Gasteiger partial charge in [0.2, 0.25) is 0 Å². The summed E-state index contributed by atoms with van der Waals surface area (Å²) >= 11 is 0. The van der Waals surface area contributed by atoms with E-state index < -0.39 is 10.4 Å². The van der Waals surface area contributed by atoms with Crippen LogP contribution < -0.4 is 12.3 Å². The molecule has 0 unspecified atom stereocenters. The monoisotopic (exact) mass is 239 g/mol. The van der Waals surface area contributed by atoms with E-state index in [0.29, 0.717) is 0 Å². The molecule has 0 spiro atoms. The van der Waals surface area contributed by atoms with Crippen LogP contribution in [-0.4, -0.2) is 17.5 Å². The van der Waals surface area contributed by atoms with Gasteiger partial charge in [-0.15, -0.1) is 0 Å². The fourth-order valence-electron chi connectivity index (χ4n) is 0.